The Hall–Kier alpha value is -2.91. The molecule has 186 valence electrons. The van der Waals surface area contributed by atoms with Gasteiger partial charge in [0.2, 0.25) is 0 Å². The van der Waals surface area contributed by atoms with Gasteiger partial charge in [0.1, 0.15) is 5.82 Å². The van der Waals surface area contributed by atoms with Gasteiger partial charge in [-0.3, -0.25) is 9.69 Å². The summed E-state index contributed by atoms with van der Waals surface area (Å²) in [6.45, 7) is 8.96. The average molecular weight is 496 g/mol. The first kappa shape index (κ1) is 25.2. The minimum absolute atomic E-state index is 0.0856. The normalized spacial score (nSPS) is 15.2. The second kappa shape index (κ2) is 11.2. The van der Waals surface area contributed by atoms with E-state index < -0.39 is 11.2 Å². The predicted molar refractivity (Wildman–Crippen MR) is 136 cm³/mol. The van der Waals surface area contributed by atoms with Gasteiger partial charge in [0.05, 0.1) is 36.7 Å². The van der Waals surface area contributed by atoms with Crippen LogP contribution in [-0.2, 0) is 17.8 Å². The number of likely N-dealkylation sites (tertiary alicyclic amines) is 1. The number of ether oxygens (including phenoxy) is 1. The molecule has 0 spiro atoms. The van der Waals surface area contributed by atoms with Crippen molar-refractivity contribution in [2.75, 3.05) is 20.2 Å². The van der Waals surface area contributed by atoms with Gasteiger partial charge in [0.25, 0.3) is 0 Å². The Labute approximate surface area is 210 Å². The fraction of sp³-hybridized carbons (Fsp3) is 0.462. The number of Topliss-reactive ketones (excluding diaryl/α,β-unsaturated/α-hetero) is 1. The Bertz CT molecular complexity index is 1180. The molecule has 1 saturated heterocycles. The predicted octanol–water partition coefficient (Wildman–Crippen LogP) is 4.41. The maximum atomic E-state index is 13.4. The SMILES string of the molecule is COC(=O)c1c(C)[nH]c(C(=O)C(C)Sc2nnc(CN3CCCCC3)n2Cc2ccccc2)c1C. The second-order valence-corrected chi connectivity index (χ2v) is 10.4. The Morgan fingerprint density at radius 1 is 1.09 bits per heavy atom. The van der Waals surface area contributed by atoms with Gasteiger partial charge in [0.15, 0.2) is 10.9 Å². The zero-order valence-corrected chi connectivity index (χ0v) is 21.7. The van der Waals surface area contributed by atoms with Crippen LogP contribution in [0.25, 0.3) is 0 Å². The van der Waals surface area contributed by atoms with Crippen LogP contribution in [0.3, 0.4) is 0 Å². The van der Waals surface area contributed by atoms with Gasteiger partial charge in [-0.05, 0) is 57.8 Å². The number of ketones is 1. The number of aryl methyl sites for hydroxylation is 1. The number of H-pyrrole nitrogens is 1. The van der Waals surface area contributed by atoms with E-state index in [1.165, 1.54) is 38.1 Å². The third-order valence-corrected chi connectivity index (χ3v) is 7.60. The molecule has 0 bridgehead atoms. The molecule has 0 saturated carbocycles. The number of methoxy groups -OCH3 is 1. The van der Waals surface area contributed by atoms with Gasteiger partial charge in [0, 0.05) is 5.69 Å². The fourth-order valence-corrected chi connectivity index (χ4v) is 5.51. The highest BCUT2D eigenvalue weighted by Crippen LogP contribution is 2.29. The Balaban J connectivity index is 1.58. The highest BCUT2D eigenvalue weighted by molar-refractivity contribution is 8.00. The molecule has 0 radical (unpaired) electrons. The zero-order chi connectivity index (χ0) is 24.9. The van der Waals surface area contributed by atoms with Crippen molar-refractivity contribution in [1.29, 1.82) is 0 Å². The number of aromatic amines is 1. The van der Waals surface area contributed by atoms with Gasteiger partial charge < -0.3 is 14.3 Å². The number of esters is 1. The molecule has 1 aromatic carbocycles. The number of thioether (sulfide) groups is 1. The number of nitrogens with one attached hydrogen (secondary N) is 1. The van der Waals surface area contributed by atoms with Crippen LogP contribution in [0.5, 0.6) is 0 Å². The lowest BCUT2D eigenvalue weighted by Crippen LogP contribution is -2.30. The number of carbonyl (C=O) groups excluding carboxylic acids is 2. The smallest absolute Gasteiger partial charge is 0.339 e. The van der Waals surface area contributed by atoms with Crippen LogP contribution in [0.2, 0.25) is 0 Å². The van der Waals surface area contributed by atoms with E-state index in [0.29, 0.717) is 29.1 Å². The van der Waals surface area contributed by atoms with Crippen LogP contribution in [0, 0.1) is 13.8 Å². The van der Waals surface area contributed by atoms with E-state index in [0.717, 1.165) is 36.2 Å². The fourth-order valence-electron chi connectivity index (χ4n) is 4.58. The highest BCUT2D eigenvalue weighted by atomic mass is 32.2. The molecule has 3 aromatic rings. The first-order valence-corrected chi connectivity index (χ1v) is 12.9. The summed E-state index contributed by atoms with van der Waals surface area (Å²) < 4.78 is 7.01. The number of aromatic nitrogens is 4. The third-order valence-electron chi connectivity index (χ3n) is 6.52. The van der Waals surface area contributed by atoms with Crippen LogP contribution in [0.15, 0.2) is 35.5 Å². The molecule has 2 aromatic heterocycles. The topological polar surface area (TPSA) is 93.1 Å². The zero-order valence-electron chi connectivity index (χ0n) is 20.8. The first-order valence-electron chi connectivity index (χ1n) is 12.1. The molecular formula is C26H33N5O3S. The Morgan fingerprint density at radius 2 is 1.80 bits per heavy atom. The summed E-state index contributed by atoms with van der Waals surface area (Å²) in [7, 11) is 1.34. The number of benzene rings is 1. The Morgan fingerprint density at radius 3 is 2.49 bits per heavy atom. The van der Waals surface area contributed by atoms with Crippen LogP contribution in [0.1, 0.15) is 69.7 Å². The first-order chi connectivity index (χ1) is 16.9. The minimum atomic E-state index is -0.444. The number of carbonyl (C=O) groups is 2. The van der Waals surface area contributed by atoms with E-state index in [2.05, 4.69) is 36.8 Å². The number of hydrogen-bond donors (Lipinski definition) is 1. The molecule has 1 N–H and O–H groups in total. The molecule has 0 aliphatic carbocycles. The standard InChI is InChI=1S/C26H33N5O3S/c1-17-22(25(33)34-4)18(2)27-23(17)24(32)19(3)35-26-29-28-21(16-30-13-9-6-10-14-30)31(26)15-20-11-7-5-8-12-20/h5,7-8,11-12,19,27H,6,9-10,13-16H2,1-4H3. The molecule has 4 rings (SSSR count). The van der Waals surface area contributed by atoms with E-state index in [1.807, 2.05) is 25.1 Å². The number of nitrogens with zero attached hydrogens (tertiary/aromatic N) is 4. The largest absolute Gasteiger partial charge is 0.465 e. The summed E-state index contributed by atoms with van der Waals surface area (Å²) >= 11 is 1.40. The van der Waals surface area contributed by atoms with Gasteiger partial charge in [-0.25, -0.2) is 4.79 Å². The molecule has 1 unspecified atom stereocenters. The molecule has 1 fully saturated rings. The van der Waals surface area contributed by atoms with E-state index in [1.54, 1.807) is 13.8 Å². The molecule has 9 heteroatoms. The van der Waals surface area contributed by atoms with E-state index >= 15 is 0 Å². The van der Waals surface area contributed by atoms with Gasteiger partial charge >= 0.3 is 5.97 Å². The number of rotatable bonds is 9. The molecule has 1 atom stereocenters. The van der Waals surface area contributed by atoms with Crippen molar-refractivity contribution in [3.63, 3.8) is 0 Å². The summed E-state index contributed by atoms with van der Waals surface area (Å²) in [6, 6.07) is 10.2. The molecular weight excluding hydrogens is 462 g/mol. The third kappa shape index (κ3) is 5.67. The van der Waals surface area contributed by atoms with Crippen molar-refractivity contribution in [3.05, 3.63) is 64.2 Å². The van der Waals surface area contributed by atoms with Crippen molar-refractivity contribution in [3.8, 4) is 0 Å². The molecule has 1 aliphatic rings. The van der Waals surface area contributed by atoms with Gasteiger partial charge in [-0.1, -0.05) is 48.5 Å². The van der Waals surface area contributed by atoms with Crippen LogP contribution >= 0.6 is 11.8 Å². The van der Waals surface area contributed by atoms with E-state index in [4.69, 9.17) is 4.74 Å². The summed E-state index contributed by atoms with van der Waals surface area (Å²) in [5, 5.41) is 9.33. The molecule has 0 amide bonds. The molecule has 8 nitrogen and oxygen atoms in total. The van der Waals surface area contributed by atoms with Crippen molar-refractivity contribution in [2.24, 2.45) is 0 Å². The monoisotopic (exact) mass is 495 g/mol. The van der Waals surface area contributed by atoms with E-state index in [-0.39, 0.29) is 5.78 Å². The van der Waals surface area contributed by atoms with Gasteiger partial charge in [-0.15, -0.1) is 10.2 Å². The van der Waals surface area contributed by atoms with Crippen LogP contribution < -0.4 is 0 Å². The number of hydrogen-bond acceptors (Lipinski definition) is 7. The summed E-state index contributed by atoms with van der Waals surface area (Å²) in [4.78, 5) is 31.0. The summed E-state index contributed by atoms with van der Waals surface area (Å²) in [6.07, 6.45) is 3.70. The van der Waals surface area contributed by atoms with Crippen LogP contribution in [0.4, 0.5) is 0 Å². The Kier molecular flexibility index (Phi) is 8.07. The van der Waals surface area contributed by atoms with Crippen LogP contribution in [-0.4, -0.2) is 61.9 Å². The maximum absolute atomic E-state index is 13.4. The van der Waals surface area contributed by atoms with Crippen molar-refractivity contribution < 1.29 is 14.3 Å². The van der Waals surface area contributed by atoms with Crippen molar-refractivity contribution in [2.45, 2.75) is 63.5 Å². The molecule has 3 heterocycles. The lowest BCUT2D eigenvalue weighted by atomic mass is 10.1. The summed E-state index contributed by atoms with van der Waals surface area (Å²) in [5.41, 5.74) is 3.26. The van der Waals surface area contributed by atoms with Crippen molar-refractivity contribution in [1.82, 2.24) is 24.6 Å². The second-order valence-electron chi connectivity index (χ2n) is 9.05. The maximum Gasteiger partial charge on any atom is 0.339 e. The van der Waals surface area contributed by atoms with Crippen molar-refractivity contribution >= 4 is 23.5 Å². The number of piperidine rings is 1. The van der Waals surface area contributed by atoms with Gasteiger partial charge in [-0.2, -0.15) is 0 Å². The summed E-state index contributed by atoms with van der Waals surface area (Å²) in [5.74, 6) is 0.385. The average Bonchev–Trinajstić information content (AvgIpc) is 3.38. The van der Waals surface area contributed by atoms with E-state index in [9.17, 15) is 9.59 Å². The highest BCUT2D eigenvalue weighted by Gasteiger charge is 2.28. The quantitative estimate of drug-likeness (QED) is 0.267. The molecule has 35 heavy (non-hydrogen) atoms. The lowest BCUT2D eigenvalue weighted by Gasteiger charge is -2.26. The minimum Gasteiger partial charge on any atom is -0.465 e. The molecule has 1 aliphatic heterocycles. The lowest BCUT2D eigenvalue weighted by molar-refractivity contribution is 0.0599.